The Bertz CT molecular complexity index is 766. The molecule has 1 aliphatic heterocycles. The molecule has 0 spiro atoms. The largest absolute Gasteiger partial charge is 0.496 e. The molecule has 3 rings (SSSR count). The Morgan fingerprint density at radius 1 is 0.920 bits per heavy atom. The highest BCUT2D eigenvalue weighted by Crippen LogP contribution is 2.31. The number of ether oxygens (including phenoxy) is 1. The summed E-state index contributed by atoms with van der Waals surface area (Å²) >= 11 is 0. The van der Waals surface area contributed by atoms with E-state index in [4.69, 9.17) is 4.74 Å². The Morgan fingerprint density at radius 2 is 1.56 bits per heavy atom. The number of benzene rings is 2. The van der Waals surface area contributed by atoms with E-state index in [9.17, 15) is 9.59 Å². The van der Waals surface area contributed by atoms with Gasteiger partial charge in [0.05, 0.1) is 7.11 Å². The van der Waals surface area contributed by atoms with Crippen LogP contribution >= 0.6 is 0 Å². The summed E-state index contributed by atoms with van der Waals surface area (Å²) in [5.74, 6) is 0.787. The molecule has 0 atom stereocenters. The first-order chi connectivity index (χ1) is 12.1. The van der Waals surface area contributed by atoms with Crippen molar-refractivity contribution in [2.75, 3.05) is 33.3 Å². The number of methoxy groups -OCH3 is 1. The second-order valence-electron chi connectivity index (χ2n) is 6.08. The molecule has 1 fully saturated rings. The van der Waals surface area contributed by atoms with E-state index in [2.05, 4.69) is 0 Å². The van der Waals surface area contributed by atoms with Crippen LogP contribution in [0.15, 0.2) is 48.5 Å². The summed E-state index contributed by atoms with van der Waals surface area (Å²) in [7, 11) is 1.63. The maximum absolute atomic E-state index is 12.8. The monoisotopic (exact) mass is 338 g/mol. The van der Waals surface area contributed by atoms with Crippen molar-refractivity contribution < 1.29 is 14.3 Å². The van der Waals surface area contributed by atoms with Gasteiger partial charge < -0.3 is 14.5 Å². The van der Waals surface area contributed by atoms with E-state index in [1.807, 2.05) is 42.5 Å². The minimum atomic E-state index is -0.0111. The number of hydrogen-bond donors (Lipinski definition) is 0. The van der Waals surface area contributed by atoms with Crippen LogP contribution in [0.5, 0.6) is 5.75 Å². The van der Waals surface area contributed by atoms with Gasteiger partial charge in [-0.3, -0.25) is 9.59 Å². The van der Waals surface area contributed by atoms with Crippen LogP contribution in [0.3, 0.4) is 0 Å². The molecule has 5 heteroatoms. The van der Waals surface area contributed by atoms with Gasteiger partial charge in [0.25, 0.3) is 5.91 Å². The maximum Gasteiger partial charge on any atom is 0.254 e. The molecule has 2 amide bonds. The fourth-order valence-electron chi connectivity index (χ4n) is 3.09. The number of nitrogens with zero attached hydrogens (tertiary/aromatic N) is 2. The smallest absolute Gasteiger partial charge is 0.254 e. The zero-order valence-electron chi connectivity index (χ0n) is 14.6. The van der Waals surface area contributed by atoms with Gasteiger partial charge in [-0.05, 0) is 23.8 Å². The maximum atomic E-state index is 12.8. The lowest BCUT2D eigenvalue weighted by molar-refractivity contribution is -0.130. The van der Waals surface area contributed by atoms with Crippen LogP contribution in [0.2, 0.25) is 0 Å². The normalized spacial score (nSPS) is 14.3. The predicted molar refractivity (Wildman–Crippen MR) is 96.6 cm³/mol. The Labute approximate surface area is 147 Å². The molecule has 0 bridgehead atoms. The van der Waals surface area contributed by atoms with Gasteiger partial charge in [-0.1, -0.05) is 30.3 Å². The van der Waals surface area contributed by atoms with E-state index in [0.29, 0.717) is 31.7 Å². The highest BCUT2D eigenvalue weighted by molar-refractivity contribution is 5.96. The molecular weight excluding hydrogens is 316 g/mol. The zero-order valence-corrected chi connectivity index (χ0v) is 14.6. The molecule has 0 unspecified atom stereocenters. The number of rotatable bonds is 3. The first-order valence-electron chi connectivity index (χ1n) is 8.38. The van der Waals surface area contributed by atoms with E-state index < -0.39 is 0 Å². The van der Waals surface area contributed by atoms with Crippen molar-refractivity contribution in [2.24, 2.45) is 0 Å². The first kappa shape index (κ1) is 17.0. The summed E-state index contributed by atoms with van der Waals surface area (Å²) in [6.07, 6.45) is 0. The lowest BCUT2D eigenvalue weighted by Gasteiger charge is -2.34. The highest BCUT2D eigenvalue weighted by Gasteiger charge is 2.24. The third-order valence-corrected chi connectivity index (χ3v) is 4.54. The molecule has 1 heterocycles. The molecule has 1 saturated heterocycles. The van der Waals surface area contributed by atoms with E-state index in [1.165, 1.54) is 0 Å². The third kappa shape index (κ3) is 3.65. The quantitative estimate of drug-likeness (QED) is 0.864. The predicted octanol–water partition coefficient (Wildman–Crippen LogP) is 2.67. The van der Waals surface area contributed by atoms with Gasteiger partial charge in [0.2, 0.25) is 5.91 Å². The van der Waals surface area contributed by atoms with Crippen molar-refractivity contribution in [3.05, 3.63) is 54.1 Å². The summed E-state index contributed by atoms with van der Waals surface area (Å²) < 4.78 is 5.45. The van der Waals surface area contributed by atoms with Crippen LogP contribution in [-0.2, 0) is 4.79 Å². The van der Waals surface area contributed by atoms with Crippen molar-refractivity contribution in [3.8, 4) is 16.9 Å². The van der Waals surface area contributed by atoms with Crippen LogP contribution in [0, 0.1) is 0 Å². The van der Waals surface area contributed by atoms with Crippen molar-refractivity contribution >= 4 is 11.8 Å². The Balaban J connectivity index is 1.83. The fourth-order valence-corrected chi connectivity index (χ4v) is 3.09. The summed E-state index contributed by atoms with van der Waals surface area (Å²) in [6, 6.07) is 15.4. The van der Waals surface area contributed by atoms with E-state index in [1.54, 1.807) is 29.9 Å². The van der Waals surface area contributed by atoms with E-state index in [0.717, 1.165) is 16.9 Å². The van der Waals surface area contributed by atoms with Gasteiger partial charge in [-0.2, -0.15) is 0 Å². The number of hydrogen-bond acceptors (Lipinski definition) is 3. The SMILES string of the molecule is COc1ccc(C(=O)N2CCN(C(C)=O)CC2)cc1-c1ccccc1. The fraction of sp³-hybridized carbons (Fsp3) is 0.300. The van der Waals surface area contributed by atoms with Gasteiger partial charge in [0, 0.05) is 44.2 Å². The average molecular weight is 338 g/mol. The molecule has 0 radical (unpaired) electrons. The number of piperazine rings is 1. The molecule has 0 saturated carbocycles. The van der Waals surface area contributed by atoms with Crippen LogP contribution < -0.4 is 4.74 Å². The number of amides is 2. The molecule has 2 aromatic carbocycles. The average Bonchev–Trinajstić information content (AvgIpc) is 2.67. The van der Waals surface area contributed by atoms with Crippen molar-refractivity contribution in [1.29, 1.82) is 0 Å². The summed E-state index contributed by atoms with van der Waals surface area (Å²) in [5.41, 5.74) is 2.54. The lowest BCUT2D eigenvalue weighted by atomic mass is 10.0. The minimum Gasteiger partial charge on any atom is -0.496 e. The molecular formula is C20H22N2O3. The summed E-state index contributed by atoms with van der Waals surface area (Å²) in [4.78, 5) is 27.8. The summed E-state index contributed by atoms with van der Waals surface area (Å²) in [6.45, 7) is 3.86. The lowest BCUT2D eigenvalue weighted by Crippen LogP contribution is -2.50. The zero-order chi connectivity index (χ0) is 17.8. The molecule has 25 heavy (non-hydrogen) atoms. The van der Waals surface area contributed by atoms with Crippen molar-refractivity contribution in [3.63, 3.8) is 0 Å². The molecule has 2 aromatic rings. The van der Waals surface area contributed by atoms with Gasteiger partial charge in [-0.15, -0.1) is 0 Å². The van der Waals surface area contributed by atoms with Crippen LogP contribution in [-0.4, -0.2) is 54.9 Å². The Morgan fingerprint density at radius 3 is 2.16 bits per heavy atom. The second kappa shape index (κ2) is 7.38. The molecule has 0 N–H and O–H groups in total. The second-order valence-corrected chi connectivity index (χ2v) is 6.08. The molecule has 5 nitrogen and oxygen atoms in total. The Hall–Kier alpha value is -2.82. The van der Waals surface area contributed by atoms with Crippen molar-refractivity contribution in [1.82, 2.24) is 9.80 Å². The van der Waals surface area contributed by atoms with Gasteiger partial charge in [-0.25, -0.2) is 0 Å². The van der Waals surface area contributed by atoms with Crippen LogP contribution in [0.4, 0.5) is 0 Å². The highest BCUT2D eigenvalue weighted by atomic mass is 16.5. The standard InChI is InChI=1S/C20H22N2O3/c1-15(23)21-10-12-22(13-11-21)20(24)17-8-9-19(25-2)18(14-17)16-6-4-3-5-7-16/h3-9,14H,10-13H2,1-2H3. The van der Waals surface area contributed by atoms with Gasteiger partial charge >= 0.3 is 0 Å². The molecule has 130 valence electrons. The van der Waals surface area contributed by atoms with E-state index in [-0.39, 0.29) is 11.8 Å². The summed E-state index contributed by atoms with van der Waals surface area (Å²) in [5, 5.41) is 0. The molecule has 0 aromatic heterocycles. The third-order valence-electron chi connectivity index (χ3n) is 4.54. The molecule has 1 aliphatic rings. The van der Waals surface area contributed by atoms with Gasteiger partial charge in [0.15, 0.2) is 0 Å². The van der Waals surface area contributed by atoms with E-state index >= 15 is 0 Å². The number of carbonyl (C=O) groups is 2. The Kier molecular flexibility index (Phi) is 5.03. The minimum absolute atomic E-state index is 0.0111. The van der Waals surface area contributed by atoms with Crippen LogP contribution in [0.1, 0.15) is 17.3 Å². The van der Waals surface area contributed by atoms with Crippen LogP contribution in [0.25, 0.3) is 11.1 Å². The van der Waals surface area contributed by atoms with Gasteiger partial charge in [0.1, 0.15) is 5.75 Å². The van der Waals surface area contributed by atoms with Crippen molar-refractivity contribution in [2.45, 2.75) is 6.92 Å². The number of carbonyl (C=O) groups excluding carboxylic acids is 2. The molecule has 0 aliphatic carbocycles. The topological polar surface area (TPSA) is 49.9 Å². The first-order valence-corrected chi connectivity index (χ1v) is 8.38.